The molecule has 0 bridgehead atoms. The Morgan fingerprint density at radius 1 is 1.23 bits per heavy atom. The molecule has 1 saturated heterocycles. The van der Waals surface area contributed by atoms with Crippen molar-refractivity contribution in [2.75, 3.05) is 44.3 Å². The maximum absolute atomic E-state index is 13.2. The molecule has 1 atom stereocenters. The van der Waals surface area contributed by atoms with Crippen molar-refractivity contribution in [2.24, 2.45) is 4.99 Å². The van der Waals surface area contributed by atoms with Crippen LogP contribution in [0, 0.1) is 0 Å². The highest BCUT2D eigenvalue weighted by Crippen LogP contribution is 2.31. The Morgan fingerprint density at radius 2 is 2.00 bits per heavy atom. The van der Waals surface area contributed by atoms with Crippen molar-refractivity contribution in [1.82, 2.24) is 19.8 Å². The van der Waals surface area contributed by atoms with E-state index in [-0.39, 0.29) is 23.8 Å². The molecular weight excluding hydrogens is 396 g/mol. The number of carbonyl (C=O) groups is 2. The number of benzene rings is 1. The van der Waals surface area contributed by atoms with E-state index in [0.717, 1.165) is 12.8 Å². The summed E-state index contributed by atoms with van der Waals surface area (Å²) in [5, 5.41) is 0. The molecule has 0 saturated carbocycles. The van der Waals surface area contributed by atoms with Gasteiger partial charge in [0.05, 0.1) is 25.8 Å². The predicted molar refractivity (Wildman–Crippen MR) is 116 cm³/mol. The number of hydrogen-bond donors (Lipinski definition) is 1. The fraction of sp³-hybridized carbons (Fsp3) is 0.455. The number of nitrogens with zero attached hydrogens (tertiary/aromatic N) is 5. The van der Waals surface area contributed by atoms with Gasteiger partial charge in [0.25, 0.3) is 5.91 Å². The van der Waals surface area contributed by atoms with Gasteiger partial charge in [-0.05, 0) is 18.4 Å². The number of imidazole rings is 1. The van der Waals surface area contributed by atoms with E-state index in [9.17, 15) is 9.59 Å². The average molecular weight is 422 g/mol. The zero-order chi connectivity index (χ0) is 21.4. The fourth-order valence-corrected chi connectivity index (χ4v) is 4.34. The number of aromatic amines is 1. The van der Waals surface area contributed by atoms with Crippen molar-refractivity contribution in [1.29, 1.82) is 0 Å². The van der Waals surface area contributed by atoms with Gasteiger partial charge in [0.1, 0.15) is 5.69 Å². The SMILES string of the molecule is CCCN1C(=O)N2C[C@@H](Cc3ccccc3)N=C2c2[nH]c(C(=O)N3CCOCC3)nc21. The van der Waals surface area contributed by atoms with Crippen molar-refractivity contribution >= 4 is 23.6 Å². The van der Waals surface area contributed by atoms with Crippen LogP contribution in [-0.2, 0) is 11.2 Å². The van der Waals surface area contributed by atoms with E-state index in [1.807, 2.05) is 25.1 Å². The monoisotopic (exact) mass is 422 g/mol. The van der Waals surface area contributed by atoms with Gasteiger partial charge in [0.2, 0.25) is 0 Å². The third-order valence-electron chi connectivity index (χ3n) is 5.84. The molecule has 3 amide bonds. The zero-order valence-electron chi connectivity index (χ0n) is 17.6. The van der Waals surface area contributed by atoms with Crippen LogP contribution in [0.2, 0.25) is 0 Å². The van der Waals surface area contributed by atoms with Crippen LogP contribution in [0.4, 0.5) is 10.6 Å². The van der Waals surface area contributed by atoms with Crippen LogP contribution < -0.4 is 4.90 Å². The lowest BCUT2D eigenvalue weighted by Gasteiger charge is -2.32. The first-order valence-corrected chi connectivity index (χ1v) is 10.8. The summed E-state index contributed by atoms with van der Waals surface area (Å²) in [4.78, 5) is 43.9. The smallest absolute Gasteiger partial charge is 0.331 e. The second-order valence-corrected chi connectivity index (χ2v) is 8.03. The number of morpholine rings is 1. The number of urea groups is 1. The predicted octanol–water partition coefficient (Wildman–Crippen LogP) is 1.91. The number of amidine groups is 1. The minimum Gasteiger partial charge on any atom is -0.378 e. The number of ether oxygens (including phenoxy) is 1. The molecule has 0 spiro atoms. The summed E-state index contributed by atoms with van der Waals surface area (Å²) in [5.41, 5.74) is 1.84. The maximum atomic E-state index is 13.2. The number of H-pyrrole nitrogens is 1. The van der Waals surface area contributed by atoms with E-state index in [0.29, 0.717) is 56.7 Å². The Labute approximate surface area is 180 Å². The highest BCUT2D eigenvalue weighted by Gasteiger charge is 2.43. The standard InChI is InChI=1S/C22H26N6O3/c1-2-8-27-20-17(24-18(25-20)21(29)26-9-11-31-12-10-26)19-23-16(14-28(19)22(27)30)13-15-6-4-3-5-7-15/h3-7,16H,2,8-14H2,1H3,(H,24,25)/t16-/m1/s1. The summed E-state index contributed by atoms with van der Waals surface area (Å²) >= 11 is 0. The molecule has 9 heteroatoms. The van der Waals surface area contributed by atoms with Crippen molar-refractivity contribution in [2.45, 2.75) is 25.8 Å². The van der Waals surface area contributed by atoms with Crippen LogP contribution in [0.3, 0.4) is 0 Å². The first kappa shape index (κ1) is 19.7. The largest absolute Gasteiger partial charge is 0.378 e. The number of carbonyl (C=O) groups excluding carboxylic acids is 2. The summed E-state index contributed by atoms with van der Waals surface area (Å²) in [6.45, 7) is 5.19. The highest BCUT2D eigenvalue weighted by molar-refractivity contribution is 6.19. The van der Waals surface area contributed by atoms with Gasteiger partial charge in [-0.2, -0.15) is 0 Å². The molecule has 1 fully saturated rings. The lowest BCUT2D eigenvalue weighted by atomic mass is 10.1. The quantitative estimate of drug-likeness (QED) is 0.796. The Hall–Kier alpha value is -3.20. The van der Waals surface area contributed by atoms with Crippen LogP contribution in [0.25, 0.3) is 0 Å². The number of nitrogens with one attached hydrogen (secondary N) is 1. The summed E-state index contributed by atoms with van der Waals surface area (Å²) in [7, 11) is 0. The summed E-state index contributed by atoms with van der Waals surface area (Å²) < 4.78 is 5.34. The van der Waals surface area contributed by atoms with Crippen molar-refractivity contribution < 1.29 is 14.3 Å². The summed E-state index contributed by atoms with van der Waals surface area (Å²) in [6.07, 6.45) is 1.55. The third kappa shape index (κ3) is 3.59. The third-order valence-corrected chi connectivity index (χ3v) is 5.84. The molecule has 3 aliphatic heterocycles. The minimum atomic E-state index is -0.174. The minimum absolute atomic E-state index is 0.0301. The molecule has 9 nitrogen and oxygen atoms in total. The second kappa shape index (κ2) is 8.14. The molecule has 1 aromatic carbocycles. The number of aliphatic imine (C=N–C) groups is 1. The lowest BCUT2D eigenvalue weighted by molar-refractivity contribution is 0.0295. The van der Waals surface area contributed by atoms with E-state index in [1.165, 1.54) is 5.56 Å². The van der Waals surface area contributed by atoms with Crippen molar-refractivity contribution in [3.05, 3.63) is 47.4 Å². The molecule has 0 radical (unpaired) electrons. The molecule has 162 valence electrons. The van der Waals surface area contributed by atoms with Crippen LogP contribution in [0.1, 0.15) is 35.2 Å². The maximum Gasteiger partial charge on any atom is 0.331 e. The first-order chi connectivity index (χ1) is 15.2. The van der Waals surface area contributed by atoms with Gasteiger partial charge < -0.3 is 14.6 Å². The van der Waals surface area contributed by atoms with Gasteiger partial charge in [0, 0.05) is 19.6 Å². The van der Waals surface area contributed by atoms with Gasteiger partial charge >= 0.3 is 6.03 Å². The van der Waals surface area contributed by atoms with Crippen molar-refractivity contribution in [3.63, 3.8) is 0 Å². The molecule has 0 unspecified atom stereocenters. The Morgan fingerprint density at radius 3 is 2.74 bits per heavy atom. The van der Waals surface area contributed by atoms with E-state index >= 15 is 0 Å². The molecule has 31 heavy (non-hydrogen) atoms. The number of anilines is 1. The van der Waals surface area contributed by atoms with Gasteiger partial charge in [-0.1, -0.05) is 37.3 Å². The topological polar surface area (TPSA) is 94.1 Å². The Bertz CT molecular complexity index is 1010. The van der Waals surface area contributed by atoms with E-state index < -0.39 is 0 Å². The van der Waals surface area contributed by atoms with Crippen LogP contribution in [0.5, 0.6) is 0 Å². The number of rotatable bonds is 5. The van der Waals surface area contributed by atoms with Gasteiger partial charge in [-0.25, -0.2) is 9.78 Å². The molecule has 5 rings (SSSR count). The molecular formula is C22H26N6O3. The van der Waals surface area contributed by atoms with Crippen LogP contribution >= 0.6 is 0 Å². The molecule has 2 aromatic rings. The highest BCUT2D eigenvalue weighted by atomic mass is 16.5. The lowest BCUT2D eigenvalue weighted by Crippen LogP contribution is -2.50. The van der Waals surface area contributed by atoms with Gasteiger partial charge in [-0.3, -0.25) is 19.6 Å². The first-order valence-electron chi connectivity index (χ1n) is 10.8. The van der Waals surface area contributed by atoms with Crippen LogP contribution in [-0.4, -0.2) is 83.0 Å². The summed E-state index contributed by atoms with van der Waals surface area (Å²) in [6, 6.07) is 10.00. The molecule has 0 aliphatic carbocycles. The second-order valence-electron chi connectivity index (χ2n) is 8.03. The Balaban J connectivity index is 1.47. The molecule has 3 aliphatic rings. The number of aromatic nitrogens is 2. The van der Waals surface area contributed by atoms with Crippen molar-refractivity contribution in [3.8, 4) is 0 Å². The number of hydrogen-bond acceptors (Lipinski definition) is 5. The fourth-order valence-electron chi connectivity index (χ4n) is 4.34. The van der Waals surface area contributed by atoms with Gasteiger partial charge in [0.15, 0.2) is 17.5 Å². The van der Waals surface area contributed by atoms with Gasteiger partial charge in [-0.15, -0.1) is 0 Å². The number of amides is 3. The average Bonchev–Trinajstić information content (AvgIpc) is 3.42. The normalized spacial score (nSPS) is 20.5. The van der Waals surface area contributed by atoms with E-state index in [1.54, 1.807) is 14.7 Å². The zero-order valence-corrected chi connectivity index (χ0v) is 17.6. The van der Waals surface area contributed by atoms with Crippen LogP contribution in [0.15, 0.2) is 35.3 Å². The number of fused-ring (bicyclic) bond motifs is 3. The Kier molecular flexibility index (Phi) is 5.19. The van der Waals surface area contributed by atoms with E-state index in [2.05, 4.69) is 22.1 Å². The molecule has 1 N–H and O–H groups in total. The molecule has 4 heterocycles. The summed E-state index contributed by atoms with van der Waals surface area (Å²) in [5.74, 6) is 1.16. The molecule has 1 aromatic heterocycles. The van der Waals surface area contributed by atoms with E-state index in [4.69, 9.17) is 9.73 Å².